The SMILES string of the molecule is NS(=O)(=O)c1ccc(C(=O)O)cc1Cc1ccc(OC(F)(F)F)cc1. The summed E-state index contributed by atoms with van der Waals surface area (Å²) in [5, 5.41) is 14.1. The van der Waals surface area contributed by atoms with Gasteiger partial charge in [-0.3, -0.25) is 0 Å². The first-order chi connectivity index (χ1) is 11.5. The molecule has 0 saturated heterocycles. The average molecular weight is 375 g/mol. The third kappa shape index (κ3) is 5.19. The Kier molecular flexibility index (Phi) is 5.04. The van der Waals surface area contributed by atoms with E-state index in [-0.39, 0.29) is 22.4 Å². The smallest absolute Gasteiger partial charge is 0.478 e. The zero-order valence-electron chi connectivity index (χ0n) is 12.4. The van der Waals surface area contributed by atoms with Crippen LogP contribution >= 0.6 is 0 Å². The molecule has 2 aromatic carbocycles. The van der Waals surface area contributed by atoms with E-state index in [0.29, 0.717) is 5.56 Å². The number of carboxylic acid groups (broad SMARTS) is 1. The van der Waals surface area contributed by atoms with Gasteiger partial charge in [-0.1, -0.05) is 12.1 Å². The molecule has 0 saturated carbocycles. The van der Waals surface area contributed by atoms with Crippen molar-refractivity contribution in [2.45, 2.75) is 17.7 Å². The van der Waals surface area contributed by atoms with Crippen LogP contribution in [0.4, 0.5) is 13.2 Å². The summed E-state index contributed by atoms with van der Waals surface area (Å²) in [6, 6.07) is 8.09. The van der Waals surface area contributed by atoms with Crippen molar-refractivity contribution in [2.24, 2.45) is 5.14 Å². The van der Waals surface area contributed by atoms with Gasteiger partial charge in [-0.05, 0) is 47.9 Å². The van der Waals surface area contributed by atoms with Crippen molar-refractivity contribution in [3.05, 3.63) is 59.2 Å². The molecule has 0 amide bonds. The van der Waals surface area contributed by atoms with Crippen molar-refractivity contribution in [2.75, 3.05) is 0 Å². The molecule has 0 fully saturated rings. The quantitative estimate of drug-likeness (QED) is 0.835. The fraction of sp³-hybridized carbons (Fsp3) is 0.133. The van der Waals surface area contributed by atoms with Crippen molar-refractivity contribution in [1.29, 1.82) is 0 Å². The lowest BCUT2D eigenvalue weighted by atomic mass is 10.0. The van der Waals surface area contributed by atoms with Gasteiger partial charge in [0.05, 0.1) is 10.5 Å². The molecule has 0 radical (unpaired) electrons. The second-order valence-electron chi connectivity index (χ2n) is 5.04. The summed E-state index contributed by atoms with van der Waals surface area (Å²) >= 11 is 0. The van der Waals surface area contributed by atoms with Crippen LogP contribution in [0.5, 0.6) is 5.75 Å². The molecule has 6 nitrogen and oxygen atoms in total. The van der Waals surface area contributed by atoms with Crippen LogP contribution in [0.2, 0.25) is 0 Å². The third-order valence-electron chi connectivity index (χ3n) is 3.17. The third-order valence-corrected chi connectivity index (χ3v) is 4.18. The Morgan fingerprint density at radius 1 is 1.12 bits per heavy atom. The van der Waals surface area contributed by atoms with Gasteiger partial charge in [0.25, 0.3) is 0 Å². The summed E-state index contributed by atoms with van der Waals surface area (Å²) in [7, 11) is -4.09. The molecule has 0 aromatic heterocycles. The molecular weight excluding hydrogens is 363 g/mol. The van der Waals surface area contributed by atoms with E-state index in [4.69, 9.17) is 10.2 Å². The van der Waals surface area contributed by atoms with Crippen molar-refractivity contribution in [3.63, 3.8) is 0 Å². The van der Waals surface area contributed by atoms with E-state index in [2.05, 4.69) is 4.74 Å². The molecule has 0 aliphatic rings. The molecule has 0 aliphatic heterocycles. The Hall–Kier alpha value is -2.59. The van der Waals surface area contributed by atoms with Crippen LogP contribution in [-0.2, 0) is 16.4 Å². The van der Waals surface area contributed by atoms with Gasteiger partial charge in [-0.2, -0.15) is 0 Å². The highest BCUT2D eigenvalue weighted by molar-refractivity contribution is 7.89. The van der Waals surface area contributed by atoms with Crippen molar-refractivity contribution < 1.29 is 36.2 Å². The number of alkyl halides is 3. The maximum absolute atomic E-state index is 12.1. The standard InChI is InChI=1S/C15H12F3NO5S/c16-15(17,18)24-12-4-1-9(2-5-12)7-11-8-10(14(20)21)3-6-13(11)25(19,22)23/h1-6,8H,7H2,(H,20,21)(H2,19,22,23). The lowest BCUT2D eigenvalue weighted by molar-refractivity contribution is -0.274. The van der Waals surface area contributed by atoms with Gasteiger partial charge in [0.2, 0.25) is 10.0 Å². The molecule has 10 heteroatoms. The zero-order chi connectivity index (χ0) is 18.8. The van der Waals surface area contributed by atoms with Crippen LogP contribution in [0, 0.1) is 0 Å². The monoisotopic (exact) mass is 375 g/mol. The van der Waals surface area contributed by atoms with Crippen molar-refractivity contribution in [3.8, 4) is 5.75 Å². The maximum atomic E-state index is 12.1. The first-order valence-corrected chi connectivity index (χ1v) is 8.24. The molecule has 0 heterocycles. The Bertz CT molecular complexity index is 892. The van der Waals surface area contributed by atoms with E-state index in [1.807, 2.05) is 0 Å². The Morgan fingerprint density at radius 2 is 1.72 bits per heavy atom. The maximum Gasteiger partial charge on any atom is 0.573 e. The molecule has 3 N–H and O–H groups in total. The van der Waals surface area contributed by atoms with Crippen LogP contribution in [0.15, 0.2) is 47.4 Å². The fourth-order valence-electron chi connectivity index (χ4n) is 2.16. The van der Waals surface area contributed by atoms with Crippen LogP contribution < -0.4 is 9.88 Å². The minimum Gasteiger partial charge on any atom is -0.478 e. The van der Waals surface area contributed by atoms with Gasteiger partial charge in [0.15, 0.2) is 0 Å². The number of halogens is 3. The molecule has 134 valence electrons. The van der Waals surface area contributed by atoms with E-state index in [0.717, 1.165) is 30.3 Å². The van der Waals surface area contributed by atoms with Gasteiger partial charge in [-0.15, -0.1) is 13.2 Å². The lowest BCUT2D eigenvalue weighted by Gasteiger charge is -2.11. The molecule has 0 atom stereocenters. The first-order valence-electron chi connectivity index (χ1n) is 6.69. The van der Waals surface area contributed by atoms with Crippen molar-refractivity contribution >= 4 is 16.0 Å². The van der Waals surface area contributed by atoms with Gasteiger partial charge in [0, 0.05) is 0 Å². The minimum atomic E-state index is -4.82. The average Bonchev–Trinajstić information content (AvgIpc) is 2.46. The summed E-state index contributed by atoms with van der Waals surface area (Å²) in [6.45, 7) is 0. The predicted molar refractivity (Wildman–Crippen MR) is 80.7 cm³/mol. The number of carboxylic acids is 1. The second-order valence-corrected chi connectivity index (χ2v) is 6.57. The van der Waals surface area contributed by atoms with Gasteiger partial charge >= 0.3 is 12.3 Å². The van der Waals surface area contributed by atoms with E-state index < -0.39 is 28.1 Å². The number of sulfonamides is 1. The van der Waals surface area contributed by atoms with Crippen molar-refractivity contribution in [1.82, 2.24) is 0 Å². The Morgan fingerprint density at radius 3 is 2.20 bits per heavy atom. The summed E-state index contributed by atoms with van der Waals surface area (Å²) in [5.74, 6) is -1.68. The van der Waals surface area contributed by atoms with E-state index in [1.54, 1.807) is 0 Å². The molecular formula is C15H12F3NO5S. The number of benzene rings is 2. The molecule has 2 aromatic rings. The largest absolute Gasteiger partial charge is 0.573 e. The summed E-state index contributed by atoms with van der Waals surface area (Å²) in [4.78, 5) is 10.8. The zero-order valence-corrected chi connectivity index (χ0v) is 13.3. The molecule has 0 spiro atoms. The van der Waals surface area contributed by atoms with Gasteiger partial charge in [0.1, 0.15) is 5.75 Å². The van der Waals surface area contributed by atoms with E-state index >= 15 is 0 Å². The van der Waals surface area contributed by atoms with Crippen LogP contribution in [0.1, 0.15) is 21.5 Å². The number of hydrogen-bond acceptors (Lipinski definition) is 4. The highest BCUT2D eigenvalue weighted by Gasteiger charge is 2.31. The molecule has 0 unspecified atom stereocenters. The summed E-state index contributed by atoms with van der Waals surface area (Å²) in [5.41, 5.74) is 0.424. The van der Waals surface area contributed by atoms with Gasteiger partial charge < -0.3 is 9.84 Å². The number of rotatable bonds is 5. The van der Waals surface area contributed by atoms with Gasteiger partial charge in [-0.25, -0.2) is 18.4 Å². The van der Waals surface area contributed by atoms with E-state index in [1.165, 1.54) is 12.1 Å². The number of primary sulfonamides is 1. The highest BCUT2D eigenvalue weighted by Crippen LogP contribution is 2.25. The van der Waals surface area contributed by atoms with Crippen LogP contribution in [0.25, 0.3) is 0 Å². The fourth-order valence-corrected chi connectivity index (χ4v) is 2.91. The molecule has 0 bridgehead atoms. The van der Waals surface area contributed by atoms with E-state index in [9.17, 15) is 26.4 Å². The molecule has 0 aliphatic carbocycles. The Balaban J connectivity index is 2.35. The highest BCUT2D eigenvalue weighted by atomic mass is 32.2. The summed E-state index contributed by atoms with van der Waals surface area (Å²) in [6.07, 6.45) is -4.86. The molecule has 2 rings (SSSR count). The normalized spacial score (nSPS) is 12.0. The van der Waals surface area contributed by atoms with Crippen LogP contribution in [0.3, 0.4) is 0 Å². The number of nitrogens with two attached hydrogens (primary N) is 1. The number of aromatic carboxylic acids is 1. The predicted octanol–water partition coefficient (Wildman–Crippen LogP) is 2.52. The lowest BCUT2D eigenvalue weighted by Crippen LogP contribution is -2.17. The number of hydrogen-bond donors (Lipinski definition) is 2. The molecule has 25 heavy (non-hydrogen) atoms. The minimum absolute atomic E-state index is 0.0425. The van der Waals surface area contributed by atoms with Crippen LogP contribution in [-0.4, -0.2) is 25.9 Å². The summed E-state index contributed by atoms with van der Waals surface area (Å²) < 4.78 is 63.4. The number of ether oxygens (including phenoxy) is 1. The number of carbonyl (C=O) groups is 1. The first kappa shape index (κ1) is 18.7. The Labute approximate surface area is 140 Å². The topological polar surface area (TPSA) is 107 Å². The second kappa shape index (κ2) is 6.73.